The number of carbonyl (C=O) groups is 1. The van der Waals surface area contributed by atoms with Gasteiger partial charge in [-0.1, -0.05) is 12.1 Å². The van der Waals surface area contributed by atoms with Crippen LogP contribution in [0.15, 0.2) is 60.8 Å². The molecule has 0 bridgehead atoms. The molecule has 4 rings (SSSR count). The first kappa shape index (κ1) is 26.3. The Balaban J connectivity index is 0.00000342. The first-order chi connectivity index (χ1) is 16.2. The molecule has 10 heteroatoms. The van der Waals surface area contributed by atoms with E-state index in [1.807, 2.05) is 41.1 Å². The van der Waals surface area contributed by atoms with Crippen LogP contribution in [0.5, 0.6) is 5.75 Å². The van der Waals surface area contributed by atoms with Crippen LogP contribution in [-0.4, -0.2) is 33.5 Å². The van der Waals surface area contributed by atoms with E-state index in [2.05, 4.69) is 5.10 Å². The molecule has 0 fully saturated rings. The number of esters is 1. The molecule has 0 aliphatic rings. The Hall–Kier alpha value is -3.32. The van der Waals surface area contributed by atoms with Crippen LogP contribution in [0.1, 0.15) is 18.2 Å². The van der Waals surface area contributed by atoms with Crippen LogP contribution >= 0.6 is 9.90 Å². The van der Waals surface area contributed by atoms with Crippen LogP contribution in [0, 0.1) is 0 Å². The predicted molar refractivity (Wildman–Crippen MR) is 133 cm³/mol. The van der Waals surface area contributed by atoms with Crippen LogP contribution in [0.3, 0.4) is 0 Å². The number of alkyl halides is 3. The molecule has 0 saturated carbocycles. The van der Waals surface area contributed by atoms with Crippen molar-refractivity contribution in [1.29, 1.82) is 0 Å². The van der Waals surface area contributed by atoms with E-state index in [1.54, 1.807) is 18.7 Å². The Morgan fingerprint density at radius 2 is 1.80 bits per heavy atom. The smallest absolute Gasteiger partial charge is 0.416 e. The summed E-state index contributed by atoms with van der Waals surface area (Å²) in [6, 6.07) is 14.4. The molecule has 2 aromatic carbocycles. The van der Waals surface area contributed by atoms with E-state index < -0.39 is 11.7 Å². The van der Waals surface area contributed by atoms with Gasteiger partial charge in [0.2, 0.25) is 0 Å². The van der Waals surface area contributed by atoms with E-state index >= 15 is 0 Å². The lowest BCUT2D eigenvalue weighted by molar-refractivity contribution is -0.143. The van der Waals surface area contributed by atoms with Crippen molar-refractivity contribution in [3.8, 4) is 17.0 Å². The SMILES string of the molecule is CCOC(=O)Cn1ccc2ccc(OCCc3cc(-c4ccc(C(F)(F)F)cc4)nn3C)cc21.P. The fourth-order valence-corrected chi connectivity index (χ4v) is 3.72. The minimum absolute atomic E-state index is 0. The second-order valence-corrected chi connectivity index (χ2v) is 7.79. The fourth-order valence-electron chi connectivity index (χ4n) is 3.72. The number of hydrogen-bond donors (Lipinski definition) is 0. The van der Waals surface area contributed by atoms with Crippen LogP contribution in [-0.2, 0) is 35.7 Å². The van der Waals surface area contributed by atoms with Crippen molar-refractivity contribution in [2.45, 2.75) is 26.1 Å². The quantitative estimate of drug-likeness (QED) is 0.241. The maximum Gasteiger partial charge on any atom is 0.416 e. The fraction of sp³-hybridized carbons (Fsp3) is 0.280. The zero-order valence-electron chi connectivity index (χ0n) is 19.5. The Kier molecular flexibility index (Phi) is 8.22. The van der Waals surface area contributed by atoms with Gasteiger partial charge in [0.15, 0.2) is 0 Å². The Morgan fingerprint density at radius 1 is 1.06 bits per heavy atom. The number of fused-ring (bicyclic) bond motifs is 1. The third kappa shape index (κ3) is 6.22. The van der Waals surface area contributed by atoms with Gasteiger partial charge in [0.25, 0.3) is 0 Å². The van der Waals surface area contributed by atoms with Gasteiger partial charge in [-0.25, -0.2) is 0 Å². The number of aryl methyl sites for hydroxylation is 1. The third-order valence-corrected chi connectivity index (χ3v) is 5.46. The van der Waals surface area contributed by atoms with E-state index in [0.29, 0.717) is 36.6 Å². The third-order valence-electron chi connectivity index (χ3n) is 5.46. The van der Waals surface area contributed by atoms with Crippen molar-refractivity contribution in [1.82, 2.24) is 14.3 Å². The summed E-state index contributed by atoms with van der Waals surface area (Å²) in [6.07, 6.45) is -1.97. The van der Waals surface area contributed by atoms with Gasteiger partial charge in [0.1, 0.15) is 12.3 Å². The lowest BCUT2D eigenvalue weighted by Gasteiger charge is -2.09. The van der Waals surface area contributed by atoms with Crippen LogP contribution in [0.2, 0.25) is 0 Å². The van der Waals surface area contributed by atoms with Crippen LogP contribution in [0.25, 0.3) is 22.2 Å². The van der Waals surface area contributed by atoms with E-state index in [4.69, 9.17) is 9.47 Å². The number of benzene rings is 2. The monoisotopic (exact) mass is 505 g/mol. The summed E-state index contributed by atoms with van der Waals surface area (Å²) >= 11 is 0. The number of nitrogens with zero attached hydrogens (tertiary/aromatic N) is 3. The van der Waals surface area contributed by atoms with Gasteiger partial charge >= 0.3 is 12.1 Å². The molecule has 6 nitrogen and oxygen atoms in total. The average Bonchev–Trinajstić information content (AvgIpc) is 3.36. The van der Waals surface area contributed by atoms with Gasteiger partial charge in [0, 0.05) is 37.0 Å². The van der Waals surface area contributed by atoms with E-state index in [-0.39, 0.29) is 22.4 Å². The van der Waals surface area contributed by atoms with Gasteiger partial charge < -0.3 is 14.0 Å². The molecular weight excluding hydrogens is 478 g/mol. The lowest BCUT2D eigenvalue weighted by Crippen LogP contribution is -2.12. The van der Waals surface area contributed by atoms with Crippen LogP contribution in [0.4, 0.5) is 13.2 Å². The minimum atomic E-state index is -4.37. The number of halogens is 3. The lowest BCUT2D eigenvalue weighted by atomic mass is 10.1. The molecule has 4 aromatic rings. The van der Waals surface area contributed by atoms with Crippen molar-refractivity contribution in [3.63, 3.8) is 0 Å². The summed E-state index contributed by atoms with van der Waals surface area (Å²) in [7, 11) is 1.79. The summed E-state index contributed by atoms with van der Waals surface area (Å²) < 4.78 is 52.8. The molecule has 0 amide bonds. The molecule has 1 atom stereocenters. The minimum Gasteiger partial charge on any atom is -0.493 e. The van der Waals surface area contributed by atoms with Crippen molar-refractivity contribution in [2.24, 2.45) is 7.05 Å². The first-order valence-corrected chi connectivity index (χ1v) is 10.8. The maximum absolute atomic E-state index is 12.8. The molecule has 0 radical (unpaired) electrons. The molecule has 0 N–H and O–H groups in total. The summed E-state index contributed by atoms with van der Waals surface area (Å²) in [5.41, 5.74) is 2.29. The number of carbonyl (C=O) groups excluding carboxylic acids is 1. The molecule has 2 aromatic heterocycles. The molecule has 0 saturated heterocycles. The van der Waals surface area contributed by atoms with E-state index in [9.17, 15) is 18.0 Å². The average molecular weight is 505 g/mol. The topological polar surface area (TPSA) is 58.3 Å². The molecule has 1 unspecified atom stereocenters. The molecule has 0 spiro atoms. The second kappa shape index (κ2) is 11.0. The highest BCUT2D eigenvalue weighted by Crippen LogP contribution is 2.31. The number of aromatic nitrogens is 3. The van der Waals surface area contributed by atoms with Crippen molar-refractivity contribution in [2.75, 3.05) is 13.2 Å². The summed E-state index contributed by atoms with van der Waals surface area (Å²) in [4.78, 5) is 11.8. The predicted octanol–water partition coefficient (Wildman–Crippen LogP) is 5.30. The summed E-state index contributed by atoms with van der Waals surface area (Å²) in [5.74, 6) is 0.368. The zero-order chi connectivity index (χ0) is 24.3. The van der Waals surface area contributed by atoms with Gasteiger partial charge in [-0.15, -0.1) is 0 Å². The summed E-state index contributed by atoms with van der Waals surface area (Å²) in [5, 5.41) is 5.41. The highest BCUT2D eigenvalue weighted by molar-refractivity contribution is 6.92. The largest absolute Gasteiger partial charge is 0.493 e. The molecule has 0 aliphatic carbocycles. The second-order valence-electron chi connectivity index (χ2n) is 7.79. The normalized spacial score (nSPS) is 11.3. The standard InChI is InChI=1S/C25H24F3N3O3.H3P/c1-3-33-24(32)16-31-12-10-18-6-9-21(15-23(18)31)34-13-11-20-14-22(29-30(20)2)17-4-7-19(8-5-17)25(26,27)28;/h4-10,12,14-15H,3,11,13,16H2,1-2H3;1H3. The highest BCUT2D eigenvalue weighted by Gasteiger charge is 2.30. The Morgan fingerprint density at radius 3 is 2.49 bits per heavy atom. The van der Waals surface area contributed by atoms with Crippen LogP contribution < -0.4 is 4.74 Å². The molecule has 186 valence electrons. The molecule has 0 aliphatic heterocycles. The number of ether oxygens (including phenoxy) is 2. The van der Waals surface area contributed by atoms with Gasteiger partial charge in [0.05, 0.1) is 30.0 Å². The van der Waals surface area contributed by atoms with Gasteiger partial charge in [-0.05, 0) is 48.7 Å². The first-order valence-electron chi connectivity index (χ1n) is 10.8. The molecular formula is C25H27F3N3O3P. The van der Waals surface area contributed by atoms with E-state index in [0.717, 1.165) is 28.7 Å². The van der Waals surface area contributed by atoms with Crippen molar-refractivity contribution < 1.29 is 27.4 Å². The number of hydrogen-bond acceptors (Lipinski definition) is 4. The van der Waals surface area contributed by atoms with Gasteiger partial charge in [-0.3, -0.25) is 9.48 Å². The Labute approximate surface area is 204 Å². The van der Waals surface area contributed by atoms with Crippen molar-refractivity contribution in [3.05, 3.63) is 72.1 Å². The zero-order valence-corrected chi connectivity index (χ0v) is 20.9. The Bertz CT molecular complexity index is 1300. The highest BCUT2D eigenvalue weighted by atomic mass is 31.0. The van der Waals surface area contributed by atoms with Crippen molar-refractivity contribution >= 4 is 26.8 Å². The number of rotatable bonds is 8. The summed E-state index contributed by atoms with van der Waals surface area (Å²) in [6.45, 7) is 2.62. The van der Waals surface area contributed by atoms with Gasteiger partial charge in [-0.2, -0.15) is 28.2 Å². The van der Waals surface area contributed by atoms with E-state index in [1.165, 1.54) is 12.1 Å². The maximum atomic E-state index is 12.8. The molecule has 2 heterocycles. The molecule has 35 heavy (non-hydrogen) atoms.